The number of fused-ring (bicyclic) bond motifs is 2. The first-order valence-electron chi connectivity index (χ1n) is 10.6. The SMILES string of the molecule is CCc1ccc(N2c3cccc(-c4nc5ccc(C(F)(F)F)cc5[nH]4)c3OCC2CO)nc1. The summed E-state index contributed by atoms with van der Waals surface area (Å²) >= 11 is 0. The number of rotatable bonds is 4. The summed E-state index contributed by atoms with van der Waals surface area (Å²) in [5.41, 5.74) is 2.38. The van der Waals surface area contributed by atoms with Crippen LogP contribution in [0.25, 0.3) is 22.4 Å². The maximum Gasteiger partial charge on any atom is 0.416 e. The number of alkyl halides is 3. The zero-order chi connectivity index (χ0) is 23.2. The molecule has 0 aliphatic carbocycles. The van der Waals surface area contributed by atoms with E-state index >= 15 is 0 Å². The van der Waals surface area contributed by atoms with Crippen LogP contribution < -0.4 is 9.64 Å². The van der Waals surface area contributed by atoms with Gasteiger partial charge in [-0.25, -0.2) is 9.97 Å². The molecule has 33 heavy (non-hydrogen) atoms. The fourth-order valence-corrected chi connectivity index (χ4v) is 4.03. The highest BCUT2D eigenvalue weighted by molar-refractivity contribution is 5.85. The molecule has 0 saturated carbocycles. The van der Waals surface area contributed by atoms with Crippen LogP contribution in [-0.2, 0) is 12.6 Å². The molecule has 170 valence electrons. The van der Waals surface area contributed by atoms with Crippen LogP contribution in [0, 0.1) is 0 Å². The van der Waals surface area contributed by atoms with Crippen LogP contribution in [0.3, 0.4) is 0 Å². The van der Waals surface area contributed by atoms with Gasteiger partial charge in [0.05, 0.1) is 40.5 Å². The number of para-hydroxylation sites is 1. The van der Waals surface area contributed by atoms with Gasteiger partial charge < -0.3 is 19.7 Å². The topological polar surface area (TPSA) is 74.3 Å². The molecule has 2 aromatic carbocycles. The Labute approximate surface area is 187 Å². The van der Waals surface area contributed by atoms with E-state index in [1.807, 2.05) is 29.2 Å². The first kappa shape index (κ1) is 21.3. The Hall–Kier alpha value is -3.59. The first-order chi connectivity index (χ1) is 15.9. The molecular formula is C24H21F3N4O2. The third-order valence-electron chi connectivity index (χ3n) is 5.78. The van der Waals surface area contributed by atoms with Gasteiger partial charge in [0.2, 0.25) is 0 Å². The second-order valence-electron chi connectivity index (χ2n) is 7.86. The van der Waals surface area contributed by atoms with Gasteiger partial charge in [0.25, 0.3) is 0 Å². The average molecular weight is 454 g/mol. The van der Waals surface area contributed by atoms with E-state index in [-0.39, 0.29) is 24.8 Å². The zero-order valence-electron chi connectivity index (χ0n) is 17.7. The highest BCUT2D eigenvalue weighted by Gasteiger charge is 2.33. The maximum absolute atomic E-state index is 13.1. The summed E-state index contributed by atoms with van der Waals surface area (Å²) < 4.78 is 45.3. The lowest BCUT2D eigenvalue weighted by molar-refractivity contribution is -0.137. The van der Waals surface area contributed by atoms with Gasteiger partial charge in [0.1, 0.15) is 18.2 Å². The number of H-pyrrole nitrogens is 1. The smallest absolute Gasteiger partial charge is 0.416 e. The number of benzene rings is 2. The van der Waals surface area contributed by atoms with Crippen LogP contribution in [0.4, 0.5) is 24.7 Å². The number of nitrogens with zero attached hydrogens (tertiary/aromatic N) is 3. The lowest BCUT2D eigenvalue weighted by atomic mass is 10.1. The Morgan fingerprint density at radius 1 is 1.18 bits per heavy atom. The third-order valence-corrected chi connectivity index (χ3v) is 5.78. The molecule has 5 rings (SSSR count). The Morgan fingerprint density at radius 3 is 2.73 bits per heavy atom. The lowest BCUT2D eigenvalue weighted by Gasteiger charge is -2.37. The Morgan fingerprint density at radius 2 is 2.03 bits per heavy atom. The quantitative estimate of drug-likeness (QED) is 0.449. The number of aromatic nitrogens is 3. The molecule has 6 nitrogen and oxygen atoms in total. The fraction of sp³-hybridized carbons (Fsp3) is 0.250. The van der Waals surface area contributed by atoms with E-state index in [9.17, 15) is 18.3 Å². The number of ether oxygens (including phenoxy) is 1. The summed E-state index contributed by atoms with van der Waals surface area (Å²) in [6.07, 6.45) is -1.77. The van der Waals surface area contributed by atoms with E-state index in [1.165, 1.54) is 6.07 Å². The van der Waals surface area contributed by atoms with Crippen LogP contribution >= 0.6 is 0 Å². The number of aliphatic hydroxyl groups excluding tert-OH is 1. The Balaban J connectivity index is 1.60. The van der Waals surface area contributed by atoms with Gasteiger partial charge in [-0.05, 0) is 48.4 Å². The number of aliphatic hydroxyl groups is 1. The number of aromatic amines is 1. The van der Waals surface area contributed by atoms with E-state index in [0.29, 0.717) is 34.2 Å². The molecule has 0 fully saturated rings. The number of hydrogen-bond acceptors (Lipinski definition) is 5. The van der Waals surface area contributed by atoms with Gasteiger partial charge in [-0.3, -0.25) is 0 Å². The molecule has 0 bridgehead atoms. The number of aryl methyl sites for hydroxylation is 1. The van der Waals surface area contributed by atoms with Crippen LogP contribution in [0.1, 0.15) is 18.1 Å². The number of nitrogens with one attached hydrogen (secondary N) is 1. The molecule has 3 heterocycles. The molecule has 0 spiro atoms. The van der Waals surface area contributed by atoms with Gasteiger partial charge >= 0.3 is 6.18 Å². The van der Waals surface area contributed by atoms with Crippen molar-refractivity contribution in [1.82, 2.24) is 15.0 Å². The Kier molecular flexibility index (Phi) is 5.20. The molecule has 0 saturated heterocycles. The molecule has 2 N–H and O–H groups in total. The summed E-state index contributed by atoms with van der Waals surface area (Å²) in [6.45, 7) is 2.14. The zero-order valence-corrected chi connectivity index (χ0v) is 17.7. The van der Waals surface area contributed by atoms with Crippen molar-refractivity contribution in [3.8, 4) is 17.1 Å². The van der Waals surface area contributed by atoms with Crippen molar-refractivity contribution >= 4 is 22.5 Å². The monoisotopic (exact) mass is 454 g/mol. The number of pyridine rings is 1. The number of anilines is 2. The minimum Gasteiger partial charge on any atom is -0.488 e. The van der Waals surface area contributed by atoms with Crippen molar-refractivity contribution in [1.29, 1.82) is 0 Å². The summed E-state index contributed by atoms with van der Waals surface area (Å²) in [5.74, 6) is 1.60. The summed E-state index contributed by atoms with van der Waals surface area (Å²) in [4.78, 5) is 14.0. The van der Waals surface area contributed by atoms with Crippen molar-refractivity contribution in [3.63, 3.8) is 0 Å². The molecule has 4 aromatic rings. The first-order valence-corrected chi connectivity index (χ1v) is 10.6. The number of imidazole rings is 1. The maximum atomic E-state index is 13.1. The molecule has 9 heteroatoms. The van der Waals surface area contributed by atoms with Crippen molar-refractivity contribution in [2.75, 3.05) is 18.1 Å². The second-order valence-corrected chi connectivity index (χ2v) is 7.86. The van der Waals surface area contributed by atoms with Crippen LogP contribution in [0.2, 0.25) is 0 Å². The molecule has 1 atom stereocenters. The predicted octanol–water partition coefficient (Wildman–Crippen LogP) is 5.10. The molecular weight excluding hydrogens is 433 g/mol. The largest absolute Gasteiger partial charge is 0.488 e. The fourth-order valence-electron chi connectivity index (χ4n) is 4.03. The van der Waals surface area contributed by atoms with Crippen molar-refractivity contribution < 1.29 is 23.0 Å². The van der Waals surface area contributed by atoms with E-state index in [4.69, 9.17) is 4.74 Å². The van der Waals surface area contributed by atoms with Crippen molar-refractivity contribution in [2.45, 2.75) is 25.6 Å². The Bertz CT molecular complexity index is 1300. The highest BCUT2D eigenvalue weighted by Crippen LogP contribution is 2.44. The molecule has 0 amide bonds. The highest BCUT2D eigenvalue weighted by atomic mass is 19.4. The van der Waals surface area contributed by atoms with E-state index < -0.39 is 11.7 Å². The minimum atomic E-state index is -4.44. The summed E-state index contributed by atoms with van der Waals surface area (Å²) in [5, 5.41) is 9.96. The van der Waals surface area contributed by atoms with E-state index in [0.717, 1.165) is 24.1 Å². The van der Waals surface area contributed by atoms with Crippen LogP contribution in [-0.4, -0.2) is 39.3 Å². The van der Waals surface area contributed by atoms with Gasteiger partial charge in [-0.1, -0.05) is 19.1 Å². The molecule has 1 aliphatic rings. The van der Waals surface area contributed by atoms with Gasteiger partial charge in [0.15, 0.2) is 5.75 Å². The van der Waals surface area contributed by atoms with Crippen LogP contribution in [0.15, 0.2) is 54.7 Å². The lowest BCUT2D eigenvalue weighted by Crippen LogP contribution is -2.43. The second kappa shape index (κ2) is 8.08. The van der Waals surface area contributed by atoms with Gasteiger partial charge in [0, 0.05) is 6.20 Å². The van der Waals surface area contributed by atoms with E-state index in [2.05, 4.69) is 21.9 Å². The average Bonchev–Trinajstić information content (AvgIpc) is 3.25. The van der Waals surface area contributed by atoms with E-state index in [1.54, 1.807) is 12.3 Å². The predicted molar refractivity (Wildman–Crippen MR) is 119 cm³/mol. The molecule has 1 aliphatic heterocycles. The molecule has 1 unspecified atom stereocenters. The standard InChI is InChI=1S/C24H21F3N4O2/c1-2-14-6-9-21(28-11-14)31-16(12-32)13-33-22-17(4-3-5-20(22)31)23-29-18-8-7-15(24(25,26)27)10-19(18)30-23/h3-11,16,32H,2,12-13H2,1H3,(H,29,30). The third kappa shape index (κ3) is 3.78. The number of hydrogen-bond donors (Lipinski definition) is 2. The van der Waals surface area contributed by atoms with Gasteiger partial charge in [-0.2, -0.15) is 13.2 Å². The normalized spacial score (nSPS) is 16.0. The van der Waals surface area contributed by atoms with Gasteiger partial charge in [-0.15, -0.1) is 0 Å². The summed E-state index contributed by atoms with van der Waals surface area (Å²) in [6, 6.07) is 12.5. The summed E-state index contributed by atoms with van der Waals surface area (Å²) in [7, 11) is 0. The van der Waals surface area contributed by atoms with Crippen molar-refractivity contribution in [2.24, 2.45) is 0 Å². The van der Waals surface area contributed by atoms with Crippen molar-refractivity contribution in [3.05, 3.63) is 65.9 Å². The van der Waals surface area contributed by atoms with Crippen LogP contribution in [0.5, 0.6) is 5.75 Å². The minimum absolute atomic E-state index is 0.133. The number of halogens is 3. The molecule has 2 aromatic heterocycles. The molecule has 0 radical (unpaired) electrons.